The Labute approximate surface area is 117 Å². The molecule has 0 aromatic heterocycles. The molecule has 2 aromatic carbocycles. The molecule has 2 rings (SSSR count). The van der Waals surface area contributed by atoms with Gasteiger partial charge in [0.2, 0.25) is 5.91 Å². The van der Waals surface area contributed by atoms with Crippen molar-refractivity contribution in [3.05, 3.63) is 65.5 Å². The van der Waals surface area contributed by atoms with E-state index in [1.54, 1.807) is 43.3 Å². The largest absolute Gasteiger partial charge is 0.389 e. The van der Waals surface area contributed by atoms with Crippen LogP contribution in [-0.4, -0.2) is 11.0 Å². The van der Waals surface area contributed by atoms with E-state index in [1.807, 2.05) is 0 Å². The zero-order valence-corrected chi connectivity index (χ0v) is 11.1. The van der Waals surface area contributed by atoms with Crippen LogP contribution in [0.2, 0.25) is 0 Å². The zero-order chi connectivity index (χ0) is 14.5. The van der Waals surface area contributed by atoms with Gasteiger partial charge in [0.25, 0.3) is 0 Å². The first-order chi connectivity index (χ1) is 9.54. The van der Waals surface area contributed by atoms with Gasteiger partial charge >= 0.3 is 0 Å². The third kappa shape index (κ3) is 3.90. The van der Waals surface area contributed by atoms with Gasteiger partial charge in [-0.05, 0) is 42.3 Å². The van der Waals surface area contributed by atoms with Crippen molar-refractivity contribution in [2.45, 2.75) is 19.4 Å². The van der Waals surface area contributed by atoms with Gasteiger partial charge in [-0.2, -0.15) is 0 Å². The molecule has 1 atom stereocenters. The molecule has 0 fully saturated rings. The minimum atomic E-state index is -0.535. The Hall–Kier alpha value is -2.20. The standard InChI is InChI=1S/C16H16FNO2/c1-11(19)13-5-7-15(8-6-13)18-16(20)10-12-3-2-4-14(17)9-12/h2-9,11,19H,10H2,1H3,(H,18,20). The van der Waals surface area contributed by atoms with Crippen LogP contribution < -0.4 is 5.32 Å². The molecule has 4 heteroatoms. The summed E-state index contributed by atoms with van der Waals surface area (Å²) in [5, 5.41) is 12.1. The maximum absolute atomic E-state index is 13.0. The molecule has 1 amide bonds. The highest BCUT2D eigenvalue weighted by Gasteiger charge is 2.06. The first kappa shape index (κ1) is 14.2. The predicted molar refractivity (Wildman–Crippen MR) is 75.8 cm³/mol. The Kier molecular flexibility index (Phi) is 4.48. The van der Waals surface area contributed by atoms with Gasteiger partial charge in [0.05, 0.1) is 12.5 Å². The molecular weight excluding hydrogens is 257 g/mol. The second-order valence-electron chi connectivity index (χ2n) is 4.65. The number of hydrogen-bond donors (Lipinski definition) is 2. The number of carbonyl (C=O) groups excluding carboxylic acids is 1. The number of hydrogen-bond acceptors (Lipinski definition) is 2. The predicted octanol–water partition coefficient (Wildman–Crippen LogP) is 3.06. The number of rotatable bonds is 4. The molecule has 0 saturated carbocycles. The van der Waals surface area contributed by atoms with Crippen molar-refractivity contribution >= 4 is 11.6 Å². The van der Waals surface area contributed by atoms with Gasteiger partial charge in [0.1, 0.15) is 5.82 Å². The number of nitrogens with one attached hydrogen (secondary N) is 1. The van der Waals surface area contributed by atoms with Gasteiger partial charge in [-0.3, -0.25) is 4.79 Å². The van der Waals surface area contributed by atoms with Crippen molar-refractivity contribution in [3.63, 3.8) is 0 Å². The van der Waals surface area contributed by atoms with Gasteiger partial charge in [0.15, 0.2) is 0 Å². The third-order valence-corrected chi connectivity index (χ3v) is 2.93. The highest BCUT2D eigenvalue weighted by molar-refractivity contribution is 5.92. The summed E-state index contributed by atoms with van der Waals surface area (Å²) in [5.74, 6) is -0.558. The molecule has 0 spiro atoms. The molecule has 1 unspecified atom stereocenters. The van der Waals surface area contributed by atoms with Crippen LogP contribution >= 0.6 is 0 Å². The molecule has 0 radical (unpaired) electrons. The Balaban J connectivity index is 1.97. The van der Waals surface area contributed by atoms with Gasteiger partial charge in [-0.15, -0.1) is 0 Å². The number of halogens is 1. The van der Waals surface area contributed by atoms with Crippen LogP contribution in [-0.2, 0) is 11.2 Å². The van der Waals surface area contributed by atoms with Crippen molar-refractivity contribution in [2.75, 3.05) is 5.32 Å². The minimum Gasteiger partial charge on any atom is -0.389 e. The van der Waals surface area contributed by atoms with Crippen molar-refractivity contribution in [3.8, 4) is 0 Å². The second kappa shape index (κ2) is 6.30. The SMILES string of the molecule is CC(O)c1ccc(NC(=O)Cc2cccc(F)c2)cc1. The van der Waals surface area contributed by atoms with Gasteiger partial charge in [-0.25, -0.2) is 4.39 Å². The molecule has 0 heterocycles. The lowest BCUT2D eigenvalue weighted by atomic mass is 10.1. The summed E-state index contributed by atoms with van der Waals surface area (Å²) < 4.78 is 13.0. The van der Waals surface area contributed by atoms with E-state index in [-0.39, 0.29) is 18.1 Å². The van der Waals surface area contributed by atoms with Crippen LogP contribution in [0.3, 0.4) is 0 Å². The van der Waals surface area contributed by atoms with Gasteiger partial charge in [-0.1, -0.05) is 24.3 Å². The quantitative estimate of drug-likeness (QED) is 0.899. The molecule has 2 N–H and O–H groups in total. The van der Waals surface area contributed by atoms with E-state index in [0.29, 0.717) is 11.3 Å². The van der Waals surface area contributed by atoms with E-state index in [1.165, 1.54) is 12.1 Å². The fraction of sp³-hybridized carbons (Fsp3) is 0.188. The van der Waals surface area contributed by atoms with Crippen LogP contribution in [0, 0.1) is 5.82 Å². The van der Waals surface area contributed by atoms with Gasteiger partial charge in [0, 0.05) is 5.69 Å². The smallest absolute Gasteiger partial charge is 0.228 e. The third-order valence-electron chi connectivity index (χ3n) is 2.93. The normalized spacial score (nSPS) is 11.9. The average Bonchev–Trinajstić information content (AvgIpc) is 2.39. The molecule has 0 saturated heterocycles. The molecule has 3 nitrogen and oxygen atoms in total. The first-order valence-corrected chi connectivity index (χ1v) is 6.37. The number of amides is 1. The second-order valence-corrected chi connectivity index (χ2v) is 4.65. The fourth-order valence-corrected chi connectivity index (χ4v) is 1.88. The van der Waals surface area contributed by atoms with Crippen molar-refractivity contribution in [1.29, 1.82) is 0 Å². The Morgan fingerprint density at radius 3 is 2.55 bits per heavy atom. The van der Waals surface area contributed by atoms with Crippen molar-refractivity contribution < 1.29 is 14.3 Å². The number of anilines is 1. The van der Waals surface area contributed by atoms with Crippen LogP contribution in [0.5, 0.6) is 0 Å². The molecule has 20 heavy (non-hydrogen) atoms. The van der Waals surface area contributed by atoms with E-state index >= 15 is 0 Å². The lowest BCUT2D eigenvalue weighted by molar-refractivity contribution is -0.115. The summed E-state index contributed by atoms with van der Waals surface area (Å²) in [7, 11) is 0. The molecule has 0 bridgehead atoms. The maximum atomic E-state index is 13.0. The van der Waals surface area contributed by atoms with Crippen molar-refractivity contribution in [1.82, 2.24) is 0 Å². The molecule has 0 aliphatic heterocycles. The number of aliphatic hydroxyl groups excluding tert-OH is 1. The van der Waals surface area contributed by atoms with E-state index < -0.39 is 6.10 Å². The fourth-order valence-electron chi connectivity index (χ4n) is 1.88. The topological polar surface area (TPSA) is 49.3 Å². The minimum absolute atomic E-state index is 0.121. The molecule has 2 aromatic rings. The molecule has 0 aliphatic rings. The average molecular weight is 273 g/mol. The van der Waals surface area contributed by atoms with Crippen molar-refractivity contribution in [2.24, 2.45) is 0 Å². The molecule has 0 aliphatic carbocycles. The van der Waals surface area contributed by atoms with Crippen LogP contribution in [0.15, 0.2) is 48.5 Å². The summed E-state index contributed by atoms with van der Waals surface area (Å²) in [6, 6.07) is 12.9. The lowest BCUT2D eigenvalue weighted by Gasteiger charge is -2.08. The Morgan fingerprint density at radius 1 is 1.25 bits per heavy atom. The first-order valence-electron chi connectivity index (χ1n) is 6.37. The molecular formula is C16H16FNO2. The Morgan fingerprint density at radius 2 is 1.95 bits per heavy atom. The highest BCUT2D eigenvalue weighted by atomic mass is 19.1. The zero-order valence-electron chi connectivity index (χ0n) is 11.1. The summed E-state index contributed by atoms with van der Waals surface area (Å²) in [4.78, 5) is 11.8. The van der Waals surface area contributed by atoms with Crippen LogP contribution in [0.25, 0.3) is 0 Å². The molecule has 104 valence electrons. The van der Waals surface area contributed by atoms with E-state index in [9.17, 15) is 14.3 Å². The summed E-state index contributed by atoms with van der Waals surface area (Å²) in [5.41, 5.74) is 2.06. The van der Waals surface area contributed by atoms with Crippen LogP contribution in [0.4, 0.5) is 10.1 Å². The summed E-state index contributed by atoms with van der Waals surface area (Å²) >= 11 is 0. The highest BCUT2D eigenvalue weighted by Crippen LogP contribution is 2.16. The van der Waals surface area contributed by atoms with Gasteiger partial charge < -0.3 is 10.4 Å². The van der Waals surface area contributed by atoms with E-state index in [2.05, 4.69) is 5.32 Å². The Bertz CT molecular complexity index is 594. The van der Waals surface area contributed by atoms with Crippen LogP contribution in [0.1, 0.15) is 24.2 Å². The lowest BCUT2D eigenvalue weighted by Crippen LogP contribution is -2.14. The number of benzene rings is 2. The number of aliphatic hydroxyl groups is 1. The summed E-state index contributed by atoms with van der Waals surface area (Å²) in [6.45, 7) is 1.68. The van der Waals surface area contributed by atoms with E-state index in [0.717, 1.165) is 5.56 Å². The summed E-state index contributed by atoms with van der Waals surface area (Å²) in [6.07, 6.45) is -0.414. The number of carbonyl (C=O) groups is 1. The monoisotopic (exact) mass is 273 g/mol. The maximum Gasteiger partial charge on any atom is 0.228 e. The van der Waals surface area contributed by atoms with E-state index in [4.69, 9.17) is 0 Å².